The number of alkyl halides is 1. The molecule has 1 heterocycles. The summed E-state index contributed by atoms with van der Waals surface area (Å²) in [4.78, 5) is 4.45. The van der Waals surface area contributed by atoms with Crippen molar-refractivity contribution >= 4 is 22.6 Å². The smallest absolute Gasteiger partial charge is 0.167 e. The minimum Gasteiger partial charge on any atom is -0.494 e. The molecule has 0 amide bonds. The van der Waals surface area contributed by atoms with Crippen LogP contribution in [-0.4, -0.2) is 16.7 Å². The van der Waals surface area contributed by atoms with E-state index in [1.54, 1.807) is 6.07 Å². The van der Waals surface area contributed by atoms with E-state index >= 15 is 0 Å². The van der Waals surface area contributed by atoms with Crippen LogP contribution in [0, 0.1) is 11.7 Å². The highest BCUT2D eigenvalue weighted by Gasteiger charge is 2.26. The van der Waals surface area contributed by atoms with Gasteiger partial charge in [0, 0.05) is 18.2 Å². The molecule has 1 fully saturated rings. The number of imidazole rings is 1. The Bertz CT molecular complexity index is 636. The summed E-state index contributed by atoms with van der Waals surface area (Å²) in [5.74, 6) is 1.79. The number of methoxy groups -OCH3 is 1. The number of ether oxygens (including phenoxy) is 1. The molecule has 3 rings (SSSR count). The van der Waals surface area contributed by atoms with Crippen molar-refractivity contribution in [3.05, 3.63) is 23.8 Å². The molecule has 1 aliphatic carbocycles. The summed E-state index contributed by atoms with van der Waals surface area (Å²) in [7, 11) is 1.47. The Balaban J connectivity index is 2.10. The van der Waals surface area contributed by atoms with Crippen LogP contribution >= 0.6 is 11.6 Å². The van der Waals surface area contributed by atoms with E-state index in [4.69, 9.17) is 16.3 Å². The van der Waals surface area contributed by atoms with Gasteiger partial charge in [-0.2, -0.15) is 0 Å². The molecule has 1 aromatic carbocycles. The lowest BCUT2D eigenvalue weighted by Crippen LogP contribution is -2.09. The molecule has 0 saturated heterocycles. The van der Waals surface area contributed by atoms with Crippen molar-refractivity contribution in [2.45, 2.75) is 38.1 Å². The molecule has 108 valence electrons. The summed E-state index contributed by atoms with van der Waals surface area (Å²) in [6.07, 6.45) is 3.74. The van der Waals surface area contributed by atoms with E-state index in [1.807, 2.05) is 0 Å². The van der Waals surface area contributed by atoms with E-state index < -0.39 is 0 Å². The molecular formula is C15H18ClFN2O. The zero-order chi connectivity index (χ0) is 14.3. The zero-order valence-electron chi connectivity index (χ0n) is 11.7. The molecule has 2 aromatic rings. The van der Waals surface area contributed by atoms with Gasteiger partial charge in [-0.05, 0) is 19.3 Å². The molecule has 3 nitrogen and oxygen atoms in total. The fraction of sp³-hybridized carbons (Fsp3) is 0.533. The third kappa shape index (κ3) is 2.37. The molecular weight excluding hydrogens is 279 g/mol. The average Bonchev–Trinajstić information content (AvgIpc) is 3.16. The molecule has 0 N–H and O–H groups in total. The Morgan fingerprint density at radius 3 is 2.85 bits per heavy atom. The van der Waals surface area contributed by atoms with Gasteiger partial charge >= 0.3 is 0 Å². The van der Waals surface area contributed by atoms with Gasteiger partial charge < -0.3 is 9.30 Å². The summed E-state index contributed by atoms with van der Waals surface area (Å²) in [6.45, 7) is 2.17. The fourth-order valence-corrected chi connectivity index (χ4v) is 3.02. The number of hydrogen-bond acceptors (Lipinski definition) is 2. The first kappa shape index (κ1) is 13.7. The predicted molar refractivity (Wildman–Crippen MR) is 77.9 cm³/mol. The number of hydrogen-bond donors (Lipinski definition) is 0. The quantitative estimate of drug-likeness (QED) is 0.770. The standard InChI is InChI=1S/C15H18ClFN2O/c1-9(5-10-3-4-10)19-13-7-14(20-2)11(17)6-12(13)18-15(19)8-16/h6-7,9-10H,3-5,8H2,1-2H3. The van der Waals surface area contributed by atoms with Gasteiger partial charge in [-0.1, -0.05) is 12.8 Å². The Morgan fingerprint density at radius 1 is 1.50 bits per heavy atom. The molecule has 5 heteroatoms. The van der Waals surface area contributed by atoms with Crippen LogP contribution in [0.15, 0.2) is 12.1 Å². The van der Waals surface area contributed by atoms with Crippen LogP contribution in [0.5, 0.6) is 5.75 Å². The van der Waals surface area contributed by atoms with Crippen LogP contribution in [0.1, 0.15) is 38.1 Å². The lowest BCUT2D eigenvalue weighted by atomic mass is 10.1. The Morgan fingerprint density at radius 2 is 2.25 bits per heavy atom. The van der Waals surface area contributed by atoms with Crippen molar-refractivity contribution in [2.24, 2.45) is 5.92 Å². The van der Waals surface area contributed by atoms with E-state index in [9.17, 15) is 4.39 Å². The lowest BCUT2D eigenvalue weighted by Gasteiger charge is -2.17. The van der Waals surface area contributed by atoms with Crippen molar-refractivity contribution in [3.8, 4) is 5.75 Å². The highest BCUT2D eigenvalue weighted by molar-refractivity contribution is 6.16. The molecule has 1 aliphatic rings. The number of nitrogens with zero attached hydrogens (tertiary/aromatic N) is 2. The van der Waals surface area contributed by atoms with Crippen LogP contribution in [0.4, 0.5) is 4.39 Å². The second kappa shape index (κ2) is 5.24. The first-order valence-electron chi connectivity index (χ1n) is 6.94. The average molecular weight is 297 g/mol. The molecule has 1 saturated carbocycles. The van der Waals surface area contributed by atoms with Crippen LogP contribution in [-0.2, 0) is 5.88 Å². The number of fused-ring (bicyclic) bond motifs is 1. The summed E-state index contributed by atoms with van der Waals surface area (Å²) < 4.78 is 21.0. The van der Waals surface area contributed by atoms with Gasteiger partial charge in [0.2, 0.25) is 0 Å². The van der Waals surface area contributed by atoms with Gasteiger partial charge in [-0.25, -0.2) is 9.37 Å². The van der Waals surface area contributed by atoms with Gasteiger partial charge in [-0.15, -0.1) is 11.6 Å². The van der Waals surface area contributed by atoms with Gasteiger partial charge in [0.25, 0.3) is 0 Å². The van der Waals surface area contributed by atoms with Crippen LogP contribution in [0.3, 0.4) is 0 Å². The third-order valence-electron chi connectivity index (χ3n) is 3.97. The highest BCUT2D eigenvalue weighted by Crippen LogP contribution is 2.38. The lowest BCUT2D eigenvalue weighted by molar-refractivity contribution is 0.387. The van der Waals surface area contributed by atoms with E-state index in [1.165, 1.54) is 26.0 Å². The van der Waals surface area contributed by atoms with E-state index in [0.29, 0.717) is 17.4 Å². The van der Waals surface area contributed by atoms with Crippen LogP contribution < -0.4 is 4.74 Å². The van der Waals surface area contributed by atoms with E-state index in [2.05, 4.69) is 16.5 Å². The van der Waals surface area contributed by atoms with Gasteiger partial charge in [0.15, 0.2) is 11.6 Å². The molecule has 1 unspecified atom stereocenters. The summed E-state index contributed by atoms with van der Waals surface area (Å²) in [6, 6.07) is 3.46. The molecule has 0 radical (unpaired) electrons. The number of rotatable bonds is 5. The number of aromatic nitrogens is 2. The normalized spacial score (nSPS) is 16.6. The molecule has 20 heavy (non-hydrogen) atoms. The second-order valence-electron chi connectivity index (χ2n) is 5.54. The Hall–Kier alpha value is -1.29. The van der Waals surface area contributed by atoms with E-state index in [-0.39, 0.29) is 11.6 Å². The van der Waals surface area contributed by atoms with E-state index in [0.717, 1.165) is 23.7 Å². The summed E-state index contributed by atoms with van der Waals surface area (Å²) in [5, 5.41) is 0. The first-order valence-corrected chi connectivity index (χ1v) is 7.47. The second-order valence-corrected chi connectivity index (χ2v) is 5.80. The Kier molecular flexibility index (Phi) is 3.59. The maximum absolute atomic E-state index is 13.8. The zero-order valence-corrected chi connectivity index (χ0v) is 12.5. The van der Waals surface area contributed by atoms with Crippen molar-refractivity contribution in [3.63, 3.8) is 0 Å². The molecule has 0 spiro atoms. The van der Waals surface area contributed by atoms with Crippen molar-refractivity contribution in [2.75, 3.05) is 7.11 Å². The highest BCUT2D eigenvalue weighted by atomic mass is 35.5. The molecule has 0 bridgehead atoms. The SMILES string of the molecule is COc1cc2c(cc1F)nc(CCl)n2C(C)CC1CC1. The predicted octanol–water partition coefficient (Wildman–Crippen LogP) is 4.28. The third-order valence-corrected chi connectivity index (χ3v) is 4.21. The summed E-state index contributed by atoms with van der Waals surface area (Å²) >= 11 is 6.00. The summed E-state index contributed by atoms with van der Waals surface area (Å²) in [5.41, 5.74) is 1.54. The van der Waals surface area contributed by atoms with Gasteiger partial charge in [0.05, 0.1) is 24.0 Å². The van der Waals surface area contributed by atoms with Crippen LogP contribution in [0.2, 0.25) is 0 Å². The molecule has 1 aromatic heterocycles. The fourth-order valence-electron chi connectivity index (χ4n) is 2.83. The van der Waals surface area contributed by atoms with Crippen molar-refractivity contribution in [1.29, 1.82) is 0 Å². The Labute approximate surface area is 122 Å². The van der Waals surface area contributed by atoms with Crippen molar-refractivity contribution < 1.29 is 9.13 Å². The van der Waals surface area contributed by atoms with Crippen LogP contribution in [0.25, 0.3) is 11.0 Å². The minimum absolute atomic E-state index is 0.249. The number of halogens is 2. The van der Waals surface area contributed by atoms with Crippen molar-refractivity contribution in [1.82, 2.24) is 9.55 Å². The minimum atomic E-state index is -0.388. The topological polar surface area (TPSA) is 27.1 Å². The monoisotopic (exact) mass is 296 g/mol. The van der Waals surface area contributed by atoms with Gasteiger partial charge in [-0.3, -0.25) is 0 Å². The maximum Gasteiger partial charge on any atom is 0.167 e. The largest absolute Gasteiger partial charge is 0.494 e. The maximum atomic E-state index is 13.8. The number of benzene rings is 1. The molecule has 0 aliphatic heterocycles. The van der Waals surface area contributed by atoms with Gasteiger partial charge in [0.1, 0.15) is 5.82 Å². The first-order chi connectivity index (χ1) is 9.63. The molecule has 1 atom stereocenters.